The highest BCUT2D eigenvalue weighted by Crippen LogP contribution is 2.32. The van der Waals surface area contributed by atoms with Crippen LogP contribution in [0.15, 0.2) is 30.3 Å². The fourth-order valence-corrected chi connectivity index (χ4v) is 4.71. The van der Waals surface area contributed by atoms with Crippen LogP contribution in [0, 0.1) is 5.92 Å². The zero-order chi connectivity index (χ0) is 23.0. The van der Waals surface area contributed by atoms with Crippen LogP contribution in [0.3, 0.4) is 0 Å². The van der Waals surface area contributed by atoms with E-state index >= 15 is 0 Å². The summed E-state index contributed by atoms with van der Waals surface area (Å²) in [6.07, 6.45) is 5.35. The van der Waals surface area contributed by atoms with Gasteiger partial charge in [0.1, 0.15) is 0 Å². The maximum absolute atomic E-state index is 13.0. The molecular formula is C25H35F3N2O2. The molecule has 0 atom stereocenters. The van der Waals surface area contributed by atoms with Crippen molar-refractivity contribution in [3.8, 4) is 0 Å². The third-order valence-corrected chi connectivity index (χ3v) is 6.67. The van der Waals surface area contributed by atoms with E-state index in [0.29, 0.717) is 30.6 Å². The van der Waals surface area contributed by atoms with Crippen molar-refractivity contribution in [1.82, 2.24) is 10.2 Å². The molecule has 2 aliphatic rings. The molecule has 1 amide bonds. The number of benzene rings is 1. The van der Waals surface area contributed by atoms with Crippen molar-refractivity contribution in [3.63, 3.8) is 0 Å². The van der Waals surface area contributed by atoms with Crippen LogP contribution in [-0.4, -0.2) is 50.2 Å². The summed E-state index contributed by atoms with van der Waals surface area (Å²) < 4.78 is 43.9. The maximum Gasteiger partial charge on any atom is 0.416 e. The minimum absolute atomic E-state index is 0.127. The summed E-state index contributed by atoms with van der Waals surface area (Å²) in [6.45, 7) is 3.31. The second-order valence-electron chi connectivity index (χ2n) is 9.03. The van der Waals surface area contributed by atoms with Crippen molar-refractivity contribution in [3.05, 3.63) is 41.5 Å². The van der Waals surface area contributed by atoms with Gasteiger partial charge in [-0.3, -0.25) is 9.69 Å². The van der Waals surface area contributed by atoms with Gasteiger partial charge >= 0.3 is 6.18 Å². The summed E-state index contributed by atoms with van der Waals surface area (Å²) in [4.78, 5) is 14.4. The molecule has 1 aromatic rings. The molecule has 0 bridgehead atoms. The summed E-state index contributed by atoms with van der Waals surface area (Å²) in [5.41, 5.74) is 1.11. The predicted molar refractivity (Wildman–Crippen MR) is 120 cm³/mol. The van der Waals surface area contributed by atoms with E-state index in [9.17, 15) is 18.0 Å². The van der Waals surface area contributed by atoms with Gasteiger partial charge in [-0.05, 0) is 80.7 Å². The summed E-state index contributed by atoms with van der Waals surface area (Å²) in [5.74, 6) is 0.813. The lowest BCUT2D eigenvalue weighted by Gasteiger charge is -2.32. The Morgan fingerprint density at radius 2 is 2.00 bits per heavy atom. The van der Waals surface area contributed by atoms with E-state index in [4.69, 9.17) is 4.74 Å². The molecule has 4 nitrogen and oxygen atoms in total. The predicted octanol–water partition coefficient (Wildman–Crippen LogP) is 5.29. The van der Waals surface area contributed by atoms with Crippen molar-refractivity contribution in [2.45, 2.75) is 63.6 Å². The molecule has 1 aromatic carbocycles. The lowest BCUT2D eigenvalue weighted by atomic mass is 9.84. The van der Waals surface area contributed by atoms with Gasteiger partial charge in [-0.1, -0.05) is 18.2 Å². The monoisotopic (exact) mass is 452 g/mol. The van der Waals surface area contributed by atoms with Gasteiger partial charge in [-0.25, -0.2) is 0 Å². The lowest BCUT2D eigenvalue weighted by Crippen LogP contribution is -2.38. The number of nitrogens with one attached hydrogen (secondary N) is 1. The first-order valence-corrected chi connectivity index (χ1v) is 11.7. The van der Waals surface area contributed by atoms with Crippen molar-refractivity contribution in [1.29, 1.82) is 0 Å². The number of rotatable bonds is 9. The number of ether oxygens (including phenoxy) is 1. The normalized spacial score (nSPS) is 22.4. The fraction of sp³-hybridized carbons (Fsp3) is 0.640. The molecule has 3 rings (SSSR count). The van der Waals surface area contributed by atoms with Gasteiger partial charge in [0.2, 0.25) is 5.91 Å². The zero-order valence-corrected chi connectivity index (χ0v) is 18.9. The Labute approximate surface area is 189 Å². The van der Waals surface area contributed by atoms with E-state index < -0.39 is 11.7 Å². The highest BCUT2D eigenvalue weighted by Gasteiger charge is 2.30. The summed E-state index contributed by atoms with van der Waals surface area (Å²) in [5, 5.41) is 3.15. The molecular weight excluding hydrogens is 417 g/mol. The van der Waals surface area contributed by atoms with E-state index in [1.807, 2.05) is 0 Å². The lowest BCUT2D eigenvalue weighted by molar-refractivity contribution is -0.137. The first-order chi connectivity index (χ1) is 15.3. The third-order valence-electron chi connectivity index (χ3n) is 6.67. The average molecular weight is 453 g/mol. The van der Waals surface area contributed by atoms with E-state index in [-0.39, 0.29) is 5.91 Å². The molecule has 1 fully saturated rings. The van der Waals surface area contributed by atoms with E-state index in [1.165, 1.54) is 12.1 Å². The van der Waals surface area contributed by atoms with Crippen molar-refractivity contribution in [2.75, 3.05) is 33.4 Å². The van der Waals surface area contributed by atoms with E-state index in [0.717, 1.165) is 76.2 Å². The molecule has 1 aliphatic heterocycles. The average Bonchev–Trinajstić information content (AvgIpc) is 2.79. The Hall–Kier alpha value is -1.86. The van der Waals surface area contributed by atoms with Crippen LogP contribution in [0.2, 0.25) is 0 Å². The first-order valence-electron chi connectivity index (χ1n) is 11.7. The maximum atomic E-state index is 13.0. The molecule has 0 saturated heterocycles. The Morgan fingerprint density at radius 1 is 1.22 bits per heavy atom. The van der Waals surface area contributed by atoms with Crippen LogP contribution < -0.4 is 5.32 Å². The van der Waals surface area contributed by atoms with Crippen LogP contribution >= 0.6 is 0 Å². The number of amides is 1. The Bertz CT molecular complexity index is 771. The molecule has 1 N–H and O–H groups in total. The molecule has 178 valence electrons. The molecule has 32 heavy (non-hydrogen) atoms. The third kappa shape index (κ3) is 7.62. The number of alkyl halides is 3. The topological polar surface area (TPSA) is 41.6 Å². The van der Waals surface area contributed by atoms with Gasteiger partial charge in [0.05, 0.1) is 5.56 Å². The fourth-order valence-electron chi connectivity index (χ4n) is 4.71. The van der Waals surface area contributed by atoms with E-state index in [1.54, 1.807) is 13.2 Å². The first kappa shape index (κ1) is 24.8. The largest absolute Gasteiger partial charge is 0.416 e. The summed E-state index contributed by atoms with van der Waals surface area (Å²) >= 11 is 0. The van der Waals surface area contributed by atoms with Crippen molar-refractivity contribution in [2.24, 2.45) is 5.92 Å². The van der Waals surface area contributed by atoms with Gasteiger partial charge in [-0.2, -0.15) is 13.2 Å². The Morgan fingerprint density at radius 3 is 2.66 bits per heavy atom. The second kappa shape index (κ2) is 11.8. The molecule has 1 heterocycles. The Kier molecular flexibility index (Phi) is 9.17. The van der Waals surface area contributed by atoms with Crippen LogP contribution in [0.1, 0.15) is 62.5 Å². The van der Waals surface area contributed by atoms with Crippen molar-refractivity contribution < 1.29 is 22.7 Å². The van der Waals surface area contributed by atoms with Gasteiger partial charge in [0.15, 0.2) is 0 Å². The number of methoxy groups -OCH3 is 1. The molecule has 0 spiro atoms. The standard InChI is InChI=1S/C25H35F3N2O2/c1-32-17-3-6-24(31)29-23-9-7-19(8-10-23)11-14-30-15-12-20(13-16-30)21-4-2-5-22(18-21)25(26,27)28/h2,4-5,12,18-19,23H,3,6-11,13-17H2,1H3,(H,29,31). The molecule has 0 radical (unpaired) electrons. The second-order valence-corrected chi connectivity index (χ2v) is 9.03. The smallest absolute Gasteiger partial charge is 0.385 e. The quantitative estimate of drug-likeness (QED) is 0.518. The SMILES string of the molecule is COCCCC(=O)NC1CCC(CCN2CC=C(c3cccc(C(F)(F)F)c3)CC2)CC1. The molecule has 0 unspecified atom stereocenters. The van der Waals surface area contributed by atoms with E-state index in [2.05, 4.69) is 16.3 Å². The highest BCUT2D eigenvalue weighted by molar-refractivity contribution is 5.76. The summed E-state index contributed by atoms with van der Waals surface area (Å²) in [7, 11) is 1.65. The number of hydrogen-bond acceptors (Lipinski definition) is 3. The highest BCUT2D eigenvalue weighted by atomic mass is 19.4. The van der Waals surface area contributed by atoms with Crippen LogP contribution in [0.25, 0.3) is 5.57 Å². The zero-order valence-electron chi connectivity index (χ0n) is 18.9. The molecule has 1 saturated carbocycles. The van der Waals surface area contributed by atoms with Crippen LogP contribution in [-0.2, 0) is 15.7 Å². The number of nitrogens with zero attached hydrogens (tertiary/aromatic N) is 1. The molecule has 7 heteroatoms. The van der Waals surface area contributed by atoms with Crippen LogP contribution in [0.5, 0.6) is 0 Å². The number of halogens is 3. The molecule has 1 aliphatic carbocycles. The number of hydrogen-bond donors (Lipinski definition) is 1. The van der Waals surface area contributed by atoms with Crippen LogP contribution in [0.4, 0.5) is 13.2 Å². The van der Waals surface area contributed by atoms with Gasteiger partial charge in [0, 0.05) is 39.3 Å². The van der Waals surface area contributed by atoms with Gasteiger partial charge in [-0.15, -0.1) is 0 Å². The van der Waals surface area contributed by atoms with Gasteiger partial charge in [0.25, 0.3) is 0 Å². The number of carbonyl (C=O) groups is 1. The number of carbonyl (C=O) groups excluding carboxylic acids is 1. The molecule has 0 aromatic heterocycles. The van der Waals surface area contributed by atoms with Gasteiger partial charge < -0.3 is 10.1 Å². The minimum atomic E-state index is -4.30. The summed E-state index contributed by atoms with van der Waals surface area (Å²) in [6, 6.07) is 5.95. The van der Waals surface area contributed by atoms with Crippen molar-refractivity contribution >= 4 is 11.5 Å². The minimum Gasteiger partial charge on any atom is -0.385 e. The Balaban J connectivity index is 1.37.